The number of nitrogens with one attached hydrogen (secondary N) is 1. The molecular formula is C11H11IN2O. The number of hydrogen-bond donors (Lipinski definition) is 1. The second-order valence-electron chi connectivity index (χ2n) is 3.88. The number of rotatable bonds is 2. The molecule has 0 aromatic carbocycles. The van der Waals surface area contributed by atoms with E-state index in [9.17, 15) is 0 Å². The summed E-state index contributed by atoms with van der Waals surface area (Å²) in [6, 6.07) is 0. The third kappa shape index (κ3) is 1.42. The van der Waals surface area contributed by atoms with Crippen LogP contribution in [0.25, 0.3) is 10.9 Å². The molecule has 0 spiro atoms. The molecule has 15 heavy (non-hydrogen) atoms. The smallest absolute Gasteiger partial charge is 0.238 e. The van der Waals surface area contributed by atoms with Gasteiger partial charge in [-0.3, -0.25) is 0 Å². The number of pyridine rings is 1. The molecule has 3 nitrogen and oxygen atoms in total. The van der Waals surface area contributed by atoms with Crippen molar-refractivity contribution in [3.05, 3.63) is 21.5 Å². The van der Waals surface area contributed by atoms with Crippen molar-refractivity contribution in [2.45, 2.75) is 18.8 Å². The largest absolute Gasteiger partial charge is 0.479 e. The zero-order valence-corrected chi connectivity index (χ0v) is 10.5. The van der Waals surface area contributed by atoms with Crippen LogP contribution in [0.2, 0.25) is 0 Å². The van der Waals surface area contributed by atoms with Gasteiger partial charge in [0.25, 0.3) is 0 Å². The predicted octanol–water partition coefficient (Wildman–Crippen LogP) is 3.05. The van der Waals surface area contributed by atoms with Gasteiger partial charge in [0.1, 0.15) is 5.52 Å². The van der Waals surface area contributed by atoms with Crippen molar-refractivity contribution in [1.29, 1.82) is 0 Å². The predicted molar refractivity (Wildman–Crippen MR) is 67.3 cm³/mol. The van der Waals surface area contributed by atoms with Gasteiger partial charge >= 0.3 is 0 Å². The van der Waals surface area contributed by atoms with E-state index in [0.717, 1.165) is 11.4 Å². The Balaban J connectivity index is 2.32. The van der Waals surface area contributed by atoms with Crippen molar-refractivity contribution in [2.75, 3.05) is 7.11 Å². The molecule has 1 fully saturated rings. The van der Waals surface area contributed by atoms with E-state index in [1.165, 1.54) is 27.4 Å². The first kappa shape index (κ1) is 9.45. The first-order valence-electron chi connectivity index (χ1n) is 5.00. The van der Waals surface area contributed by atoms with Gasteiger partial charge in [0, 0.05) is 21.4 Å². The maximum Gasteiger partial charge on any atom is 0.238 e. The molecular weight excluding hydrogens is 303 g/mol. The third-order valence-electron chi connectivity index (χ3n) is 2.87. The van der Waals surface area contributed by atoms with E-state index < -0.39 is 0 Å². The molecule has 2 aromatic rings. The van der Waals surface area contributed by atoms with Gasteiger partial charge in [-0.15, -0.1) is 0 Å². The standard InChI is InChI=1S/C11H11IN2O/c1-15-11-10-9(8(12)5-13-10)7(4-14-11)6-2-3-6/h4-6,13H,2-3H2,1H3. The van der Waals surface area contributed by atoms with Gasteiger partial charge in [-0.05, 0) is 46.9 Å². The zero-order valence-electron chi connectivity index (χ0n) is 8.38. The van der Waals surface area contributed by atoms with Crippen LogP contribution in [0.5, 0.6) is 5.88 Å². The summed E-state index contributed by atoms with van der Waals surface area (Å²) in [5, 5.41) is 1.30. The molecule has 4 heteroatoms. The van der Waals surface area contributed by atoms with Crippen molar-refractivity contribution in [2.24, 2.45) is 0 Å². The molecule has 0 saturated heterocycles. The van der Waals surface area contributed by atoms with E-state index in [0.29, 0.717) is 5.88 Å². The molecule has 0 aliphatic heterocycles. The van der Waals surface area contributed by atoms with Crippen LogP contribution in [0.4, 0.5) is 0 Å². The molecule has 1 aliphatic carbocycles. The fourth-order valence-corrected chi connectivity index (χ4v) is 2.70. The topological polar surface area (TPSA) is 37.9 Å². The Morgan fingerprint density at radius 3 is 3.00 bits per heavy atom. The summed E-state index contributed by atoms with van der Waals surface area (Å²) in [5.41, 5.74) is 2.41. The van der Waals surface area contributed by atoms with Crippen LogP contribution in [0.15, 0.2) is 12.4 Å². The lowest BCUT2D eigenvalue weighted by molar-refractivity contribution is 0.402. The minimum atomic E-state index is 0.692. The average Bonchev–Trinajstić information content (AvgIpc) is 3.02. The second-order valence-corrected chi connectivity index (χ2v) is 5.05. The minimum absolute atomic E-state index is 0.692. The van der Waals surface area contributed by atoms with Crippen LogP contribution in [-0.2, 0) is 0 Å². The number of ether oxygens (including phenoxy) is 1. The summed E-state index contributed by atoms with van der Waals surface area (Å²) in [5.74, 6) is 1.41. The molecule has 0 radical (unpaired) electrons. The molecule has 2 aromatic heterocycles. The zero-order chi connectivity index (χ0) is 10.4. The number of halogens is 1. The Kier molecular flexibility index (Phi) is 2.12. The van der Waals surface area contributed by atoms with Gasteiger partial charge in [-0.25, -0.2) is 4.98 Å². The molecule has 78 valence electrons. The van der Waals surface area contributed by atoms with Crippen molar-refractivity contribution >= 4 is 33.5 Å². The van der Waals surface area contributed by atoms with Gasteiger partial charge < -0.3 is 9.72 Å². The van der Waals surface area contributed by atoms with E-state index in [-0.39, 0.29) is 0 Å². The quantitative estimate of drug-likeness (QED) is 0.865. The van der Waals surface area contributed by atoms with Crippen LogP contribution >= 0.6 is 22.6 Å². The number of nitrogens with zero attached hydrogens (tertiary/aromatic N) is 1. The van der Waals surface area contributed by atoms with Gasteiger partial charge in [0.15, 0.2) is 0 Å². The summed E-state index contributed by atoms with van der Waals surface area (Å²) in [7, 11) is 1.66. The number of H-pyrrole nitrogens is 1. The van der Waals surface area contributed by atoms with Crippen LogP contribution < -0.4 is 4.74 Å². The number of aromatic amines is 1. The van der Waals surface area contributed by atoms with E-state index in [1.54, 1.807) is 7.11 Å². The maximum absolute atomic E-state index is 5.25. The number of methoxy groups -OCH3 is 1. The van der Waals surface area contributed by atoms with Crippen LogP contribution in [0.1, 0.15) is 24.3 Å². The highest BCUT2D eigenvalue weighted by molar-refractivity contribution is 14.1. The van der Waals surface area contributed by atoms with E-state index in [2.05, 4.69) is 32.6 Å². The fraction of sp³-hybridized carbons (Fsp3) is 0.364. The molecule has 0 amide bonds. The normalized spacial score (nSPS) is 15.9. The summed E-state index contributed by atoms with van der Waals surface area (Å²) in [4.78, 5) is 7.58. The Bertz CT molecular complexity index is 517. The van der Waals surface area contributed by atoms with Gasteiger partial charge in [-0.1, -0.05) is 0 Å². The molecule has 3 rings (SSSR count). The molecule has 0 bridgehead atoms. The Morgan fingerprint density at radius 2 is 2.33 bits per heavy atom. The molecule has 1 saturated carbocycles. The third-order valence-corrected chi connectivity index (χ3v) is 3.72. The van der Waals surface area contributed by atoms with Crippen molar-refractivity contribution in [1.82, 2.24) is 9.97 Å². The first-order chi connectivity index (χ1) is 7.31. The number of hydrogen-bond acceptors (Lipinski definition) is 2. The minimum Gasteiger partial charge on any atom is -0.479 e. The highest BCUT2D eigenvalue weighted by Gasteiger charge is 2.27. The summed E-state index contributed by atoms with van der Waals surface area (Å²) < 4.78 is 6.51. The first-order valence-corrected chi connectivity index (χ1v) is 6.08. The van der Waals surface area contributed by atoms with Gasteiger partial charge in [0.2, 0.25) is 5.88 Å². The highest BCUT2D eigenvalue weighted by atomic mass is 127. The molecule has 0 atom stereocenters. The van der Waals surface area contributed by atoms with Crippen LogP contribution in [0.3, 0.4) is 0 Å². The average molecular weight is 314 g/mol. The molecule has 2 heterocycles. The van der Waals surface area contributed by atoms with Crippen LogP contribution in [-0.4, -0.2) is 17.1 Å². The number of aromatic nitrogens is 2. The fourth-order valence-electron chi connectivity index (χ4n) is 1.97. The SMILES string of the molecule is COc1ncc(C2CC2)c2c(I)c[nH]c12. The Morgan fingerprint density at radius 1 is 1.53 bits per heavy atom. The van der Waals surface area contributed by atoms with Gasteiger partial charge in [-0.2, -0.15) is 0 Å². The highest BCUT2D eigenvalue weighted by Crippen LogP contribution is 2.44. The molecule has 1 N–H and O–H groups in total. The Labute approximate surface area is 101 Å². The summed E-state index contributed by atoms with van der Waals surface area (Å²) >= 11 is 2.36. The Hall–Kier alpha value is -0.780. The molecule has 1 aliphatic rings. The van der Waals surface area contributed by atoms with Crippen molar-refractivity contribution in [3.8, 4) is 5.88 Å². The van der Waals surface area contributed by atoms with E-state index in [4.69, 9.17) is 4.74 Å². The monoisotopic (exact) mass is 314 g/mol. The van der Waals surface area contributed by atoms with Crippen LogP contribution in [0, 0.1) is 3.57 Å². The van der Waals surface area contributed by atoms with E-state index in [1.807, 2.05) is 12.4 Å². The molecule has 0 unspecified atom stereocenters. The number of fused-ring (bicyclic) bond motifs is 1. The van der Waals surface area contributed by atoms with E-state index >= 15 is 0 Å². The summed E-state index contributed by atoms with van der Waals surface area (Å²) in [6.07, 6.45) is 6.57. The van der Waals surface area contributed by atoms with Crippen molar-refractivity contribution in [3.63, 3.8) is 0 Å². The van der Waals surface area contributed by atoms with Gasteiger partial charge in [0.05, 0.1) is 7.11 Å². The second kappa shape index (κ2) is 3.37. The van der Waals surface area contributed by atoms with Crippen molar-refractivity contribution < 1.29 is 4.74 Å². The maximum atomic E-state index is 5.25. The lowest BCUT2D eigenvalue weighted by Gasteiger charge is -2.05. The summed E-state index contributed by atoms with van der Waals surface area (Å²) in [6.45, 7) is 0. The lowest BCUT2D eigenvalue weighted by atomic mass is 10.1. The lowest BCUT2D eigenvalue weighted by Crippen LogP contribution is -1.92.